The van der Waals surface area contributed by atoms with Gasteiger partial charge >= 0.3 is 0 Å². The number of hydrogen-bond donors (Lipinski definition) is 0. The van der Waals surface area contributed by atoms with Crippen LogP contribution in [0.5, 0.6) is 0 Å². The Balaban J connectivity index is 2.07. The highest BCUT2D eigenvalue weighted by Gasteiger charge is 2.49. The number of nitrogens with zero attached hydrogens (tertiary/aromatic N) is 2. The Morgan fingerprint density at radius 2 is 2.04 bits per heavy atom. The number of carbonyl (C=O) groups is 1. The van der Waals surface area contributed by atoms with Crippen LogP contribution in [0.15, 0.2) is 29.3 Å². The Morgan fingerprint density at radius 1 is 1.30 bits per heavy atom. The minimum absolute atomic E-state index is 0.0479. The van der Waals surface area contributed by atoms with E-state index in [0.717, 1.165) is 17.7 Å². The molecule has 1 aromatic carbocycles. The molecular weight excluding hydrogens is 332 g/mol. The van der Waals surface area contributed by atoms with Crippen LogP contribution in [0, 0.1) is 0 Å². The molecule has 0 bridgehead atoms. The van der Waals surface area contributed by atoms with Crippen molar-refractivity contribution in [3.63, 3.8) is 0 Å². The molecule has 23 heavy (non-hydrogen) atoms. The summed E-state index contributed by atoms with van der Waals surface area (Å²) in [5.41, 5.74) is 2.10. The first-order chi connectivity index (χ1) is 10.9. The van der Waals surface area contributed by atoms with Crippen LogP contribution in [0.1, 0.15) is 25.8 Å². The number of rotatable bonds is 3. The molecule has 2 aliphatic rings. The van der Waals surface area contributed by atoms with Crippen LogP contribution in [-0.2, 0) is 21.1 Å². The summed E-state index contributed by atoms with van der Waals surface area (Å²) in [6, 6.07) is 7.80. The van der Waals surface area contributed by atoms with Gasteiger partial charge in [-0.1, -0.05) is 43.8 Å². The third kappa shape index (κ3) is 3.17. The molecule has 0 aliphatic carbocycles. The second kappa shape index (κ2) is 6.28. The molecule has 0 radical (unpaired) electrons. The van der Waals surface area contributed by atoms with Crippen molar-refractivity contribution in [1.82, 2.24) is 0 Å². The summed E-state index contributed by atoms with van der Waals surface area (Å²) < 4.78 is 24.0. The lowest BCUT2D eigenvalue weighted by Crippen LogP contribution is -2.38. The van der Waals surface area contributed by atoms with Crippen molar-refractivity contribution in [2.24, 2.45) is 4.99 Å². The quantitative estimate of drug-likeness (QED) is 0.835. The number of amides is 1. The summed E-state index contributed by atoms with van der Waals surface area (Å²) in [6.07, 6.45) is 1.19. The van der Waals surface area contributed by atoms with E-state index in [4.69, 9.17) is 0 Å². The van der Waals surface area contributed by atoms with E-state index >= 15 is 0 Å². The molecule has 0 saturated carbocycles. The third-order valence-electron chi connectivity index (χ3n) is 4.22. The summed E-state index contributed by atoms with van der Waals surface area (Å²) >= 11 is 1.43. The van der Waals surface area contributed by atoms with Crippen molar-refractivity contribution in [1.29, 1.82) is 0 Å². The zero-order valence-electron chi connectivity index (χ0n) is 13.2. The van der Waals surface area contributed by atoms with Crippen LogP contribution in [0.25, 0.3) is 0 Å². The average molecular weight is 352 g/mol. The fraction of sp³-hybridized carbons (Fsp3) is 0.500. The predicted molar refractivity (Wildman–Crippen MR) is 94.9 cm³/mol. The first kappa shape index (κ1) is 16.5. The number of fused-ring (bicyclic) bond motifs is 1. The van der Waals surface area contributed by atoms with Crippen LogP contribution in [-0.4, -0.2) is 42.3 Å². The van der Waals surface area contributed by atoms with E-state index in [0.29, 0.717) is 11.6 Å². The first-order valence-corrected chi connectivity index (χ1v) is 10.5. The molecule has 2 aliphatic heterocycles. The van der Waals surface area contributed by atoms with Gasteiger partial charge < -0.3 is 4.90 Å². The molecule has 2 fully saturated rings. The van der Waals surface area contributed by atoms with Gasteiger partial charge in [-0.2, -0.15) is 4.99 Å². The van der Waals surface area contributed by atoms with Gasteiger partial charge in [0.25, 0.3) is 0 Å². The molecule has 1 amide bonds. The number of hydrogen-bond acceptors (Lipinski definition) is 4. The summed E-state index contributed by atoms with van der Waals surface area (Å²) in [5, 5.41) is 0.593. The highest BCUT2D eigenvalue weighted by Crippen LogP contribution is 2.42. The minimum Gasteiger partial charge on any atom is -0.315 e. The first-order valence-electron chi connectivity index (χ1n) is 7.81. The molecule has 0 N–H and O–H groups in total. The highest BCUT2D eigenvalue weighted by molar-refractivity contribution is 8.16. The van der Waals surface area contributed by atoms with Gasteiger partial charge in [-0.25, -0.2) is 8.42 Å². The maximum absolute atomic E-state index is 12.0. The van der Waals surface area contributed by atoms with E-state index in [-0.39, 0.29) is 28.7 Å². The molecule has 2 saturated heterocycles. The minimum atomic E-state index is -3.03. The Labute approximate surface area is 141 Å². The van der Waals surface area contributed by atoms with Crippen molar-refractivity contribution in [3.05, 3.63) is 29.8 Å². The Bertz CT molecular complexity index is 758. The number of para-hydroxylation sites is 1. The highest BCUT2D eigenvalue weighted by atomic mass is 32.2. The standard InChI is InChI=1S/C16H20N2O3S2/c1-3-11-7-5-6-8-12(11)18-13-9-23(20,21)10-14(13)22-16(18)17-15(19)4-2/h5-8,13-14H,3-4,9-10H2,1-2H3/t13-,14+/m0/s1. The fourth-order valence-corrected chi connectivity index (χ4v) is 7.00. The molecule has 0 aromatic heterocycles. The van der Waals surface area contributed by atoms with Crippen LogP contribution < -0.4 is 4.90 Å². The van der Waals surface area contributed by atoms with E-state index in [1.54, 1.807) is 6.92 Å². The molecule has 2 heterocycles. The third-order valence-corrected chi connectivity index (χ3v) is 7.43. The van der Waals surface area contributed by atoms with Crippen molar-refractivity contribution < 1.29 is 13.2 Å². The Morgan fingerprint density at radius 3 is 2.74 bits per heavy atom. The molecule has 5 nitrogen and oxygen atoms in total. The SMILES string of the molecule is CCC(=O)N=C1S[C@@H]2CS(=O)(=O)C[C@@H]2N1c1ccccc1CC. The number of sulfone groups is 1. The van der Waals surface area contributed by atoms with Gasteiger partial charge in [0.15, 0.2) is 15.0 Å². The summed E-state index contributed by atoms with van der Waals surface area (Å²) in [5.74, 6) is 0.114. The molecule has 0 unspecified atom stereocenters. The van der Waals surface area contributed by atoms with Gasteiger partial charge in [-0.15, -0.1) is 0 Å². The zero-order chi connectivity index (χ0) is 16.6. The maximum Gasteiger partial charge on any atom is 0.247 e. The van der Waals surface area contributed by atoms with E-state index in [1.165, 1.54) is 11.8 Å². The normalized spacial score (nSPS) is 27.4. The molecule has 3 rings (SSSR count). The van der Waals surface area contributed by atoms with E-state index in [1.807, 2.05) is 29.2 Å². The van der Waals surface area contributed by atoms with Crippen LogP contribution in [0.3, 0.4) is 0 Å². The summed E-state index contributed by atoms with van der Waals surface area (Å²) in [6.45, 7) is 3.85. The summed E-state index contributed by atoms with van der Waals surface area (Å²) in [4.78, 5) is 18.0. The van der Waals surface area contributed by atoms with E-state index < -0.39 is 9.84 Å². The monoisotopic (exact) mass is 352 g/mol. The van der Waals surface area contributed by atoms with Gasteiger partial charge in [0, 0.05) is 17.4 Å². The number of aryl methyl sites for hydroxylation is 1. The van der Waals surface area contributed by atoms with Gasteiger partial charge in [-0.3, -0.25) is 4.79 Å². The second-order valence-electron chi connectivity index (χ2n) is 5.79. The number of thioether (sulfide) groups is 1. The van der Waals surface area contributed by atoms with Crippen molar-refractivity contribution in [2.75, 3.05) is 16.4 Å². The van der Waals surface area contributed by atoms with Crippen LogP contribution >= 0.6 is 11.8 Å². The number of amidine groups is 1. The molecule has 2 atom stereocenters. The van der Waals surface area contributed by atoms with Crippen molar-refractivity contribution in [2.45, 2.75) is 38.0 Å². The second-order valence-corrected chi connectivity index (χ2v) is 9.15. The number of anilines is 1. The Hall–Kier alpha value is -1.34. The fourth-order valence-electron chi connectivity index (χ4n) is 3.08. The maximum atomic E-state index is 12.0. The van der Waals surface area contributed by atoms with E-state index in [9.17, 15) is 13.2 Å². The van der Waals surface area contributed by atoms with Crippen LogP contribution in [0.2, 0.25) is 0 Å². The van der Waals surface area contributed by atoms with E-state index in [2.05, 4.69) is 11.9 Å². The van der Waals surface area contributed by atoms with Gasteiger partial charge in [0.1, 0.15) is 0 Å². The summed E-state index contributed by atoms with van der Waals surface area (Å²) in [7, 11) is -3.03. The number of aliphatic imine (C=N–C) groups is 1. The smallest absolute Gasteiger partial charge is 0.247 e. The van der Waals surface area contributed by atoms with Gasteiger partial charge in [0.05, 0.1) is 17.5 Å². The topological polar surface area (TPSA) is 66.8 Å². The number of carbonyl (C=O) groups excluding carboxylic acids is 1. The molecule has 7 heteroatoms. The van der Waals surface area contributed by atoms with Gasteiger partial charge in [0.2, 0.25) is 5.91 Å². The molecule has 124 valence electrons. The van der Waals surface area contributed by atoms with Crippen LogP contribution in [0.4, 0.5) is 5.69 Å². The van der Waals surface area contributed by atoms with Crippen molar-refractivity contribution >= 4 is 38.4 Å². The van der Waals surface area contributed by atoms with Gasteiger partial charge in [-0.05, 0) is 18.1 Å². The lowest BCUT2D eigenvalue weighted by molar-refractivity contribution is -0.117. The Kier molecular flexibility index (Phi) is 4.51. The largest absolute Gasteiger partial charge is 0.315 e. The predicted octanol–water partition coefficient (Wildman–Crippen LogP) is 2.26. The molecular formula is C16H20N2O3S2. The lowest BCUT2D eigenvalue weighted by Gasteiger charge is -2.26. The average Bonchev–Trinajstić information content (AvgIpc) is 2.98. The molecule has 0 spiro atoms. The van der Waals surface area contributed by atoms with Crippen molar-refractivity contribution in [3.8, 4) is 0 Å². The number of benzene rings is 1. The molecule has 1 aromatic rings. The zero-order valence-corrected chi connectivity index (χ0v) is 14.9. The lowest BCUT2D eigenvalue weighted by atomic mass is 10.1.